The number of halogens is 3. The Hall–Kier alpha value is 1.08. The zero-order valence-electron chi connectivity index (χ0n) is 8.68. The predicted molar refractivity (Wildman–Crippen MR) is 57.9 cm³/mol. The molecule has 0 aromatic heterocycles. The maximum absolute atomic E-state index is 2.34. The van der Waals surface area contributed by atoms with Crippen LogP contribution in [0.25, 0.3) is 11.1 Å². The quantitative estimate of drug-likeness (QED) is 0.241. The average Bonchev–Trinajstić information content (AvgIpc) is 2.57. The first-order chi connectivity index (χ1) is 6.86. The number of rotatable bonds is 0. The van der Waals surface area contributed by atoms with Gasteiger partial charge in [-0.1, -0.05) is 0 Å². The third kappa shape index (κ3) is 3.34. The summed E-state index contributed by atoms with van der Waals surface area (Å²) >= 11 is 0.863. The molecule has 86 valence electrons. The molecule has 0 bridgehead atoms. The van der Waals surface area contributed by atoms with Gasteiger partial charge in [0.25, 0.3) is 0 Å². The molecule has 3 rings (SSSR count). The Morgan fingerprint density at radius 1 is 0.765 bits per heavy atom. The molecule has 0 N–H and O–H groups in total. The number of fused-ring (bicyclic) bond motifs is 3. The monoisotopic (exact) mass is 556 g/mol. The second-order valence-electron chi connectivity index (χ2n) is 3.40. The van der Waals surface area contributed by atoms with Crippen LogP contribution in [0.15, 0.2) is 42.5 Å². The van der Waals surface area contributed by atoms with Gasteiger partial charge < -0.3 is 37.2 Å². The van der Waals surface area contributed by atoms with Gasteiger partial charge in [0.15, 0.2) is 0 Å². The van der Waals surface area contributed by atoms with Crippen LogP contribution in [0.1, 0.15) is 0 Å². The van der Waals surface area contributed by atoms with E-state index in [1.54, 1.807) is 42.4 Å². The number of benzene rings is 2. The molecule has 1 aliphatic heterocycles. The Bertz CT molecular complexity index is 517. The summed E-state index contributed by atoms with van der Waals surface area (Å²) in [6, 6.07) is 15.8. The van der Waals surface area contributed by atoms with Crippen LogP contribution >= 0.6 is 0 Å². The Morgan fingerprint density at radius 3 is 2.18 bits per heavy atom. The molecule has 0 fully saturated rings. The first-order valence-electron chi connectivity index (χ1n) is 4.57. The molecule has 5 heteroatoms. The average molecular weight is 559 g/mol. The van der Waals surface area contributed by atoms with Gasteiger partial charge in [0, 0.05) is 0 Å². The van der Waals surface area contributed by atoms with Gasteiger partial charge in [-0.3, -0.25) is 0 Å². The van der Waals surface area contributed by atoms with E-state index in [4.69, 9.17) is 0 Å². The van der Waals surface area contributed by atoms with E-state index in [1.807, 2.05) is 0 Å². The van der Waals surface area contributed by atoms with Crippen molar-refractivity contribution >= 4 is 33.0 Å². The van der Waals surface area contributed by atoms with Crippen molar-refractivity contribution in [2.24, 2.45) is 0 Å². The molecule has 0 unspecified atom stereocenters. The summed E-state index contributed by atoms with van der Waals surface area (Å²) in [5.74, 6) is 0. The second kappa shape index (κ2) is 7.61. The number of hydrogen-bond donors (Lipinski definition) is 0. The molecule has 0 nitrogen and oxygen atoms in total. The van der Waals surface area contributed by atoms with Crippen molar-refractivity contribution in [2.75, 3.05) is 0 Å². The summed E-state index contributed by atoms with van der Waals surface area (Å²) in [7, 11) is 0. The molecule has 1 heterocycles. The van der Waals surface area contributed by atoms with Gasteiger partial charge >= 0.3 is 111 Å². The molecule has 0 spiro atoms. The van der Waals surface area contributed by atoms with Crippen molar-refractivity contribution < 1.29 is 61.9 Å². The van der Waals surface area contributed by atoms with E-state index in [0.29, 0.717) is 0 Å². The van der Waals surface area contributed by atoms with E-state index < -0.39 is 23.2 Å². The van der Waals surface area contributed by atoms with Gasteiger partial charge in [-0.15, -0.1) is 0 Å². The molecule has 0 radical (unpaired) electrons. The molecule has 2 aromatic rings. The summed E-state index contributed by atoms with van der Waals surface area (Å²) in [5, 5.41) is 0. The molecule has 17 heavy (non-hydrogen) atoms. The summed E-state index contributed by atoms with van der Waals surface area (Å²) in [6.07, 6.45) is 0. The minimum absolute atomic E-state index is 0. The van der Waals surface area contributed by atoms with Crippen LogP contribution in [-0.4, -0.2) is 23.2 Å². The Labute approximate surface area is 147 Å². The Morgan fingerprint density at radius 2 is 1.41 bits per heavy atom. The van der Waals surface area contributed by atoms with Crippen LogP contribution in [0.2, 0.25) is 0 Å². The molecule has 1 aliphatic rings. The molecule has 0 atom stereocenters. The normalized spacial score (nSPS) is 10.2. The van der Waals surface area contributed by atoms with Crippen molar-refractivity contribution in [1.29, 1.82) is 0 Å². The van der Waals surface area contributed by atoms with Crippen molar-refractivity contribution in [3.05, 3.63) is 42.5 Å². The molecular formula is C12H8BiCl3Zr. The predicted octanol–water partition coefficient (Wildman–Crippen LogP) is -8.76. The van der Waals surface area contributed by atoms with E-state index in [9.17, 15) is 0 Å². The number of hydrogen-bond acceptors (Lipinski definition) is 0. The zero-order chi connectivity index (χ0) is 9.54. The summed E-state index contributed by atoms with van der Waals surface area (Å²) in [6.45, 7) is 0. The zero-order valence-corrected chi connectivity index (χ0v) is 17.3. The third-order valence-corrected chi connectivity index (χ3v) is 8.96. The first-order valence-corrected chi connectivity index (χ1v) is 9.69. The molecule has 0 amide bonds. The molecule has 0 saturated carbocycles. The summed E-state index contributed by atoms with van der Waals surface area (Å²) in [5.41, 5.74) is 3.13. The SMILES string of the molecule is [Cl-].[Cl-].[Cl-].[Zr+3][c]1ccc[c]2c1-c1cccc[c]1[BiH]2. The Kier molecular flexibility index (Phi) is 8.10. The standard InChI is InChI=1S/C12H7.Bi.3ClH.Zr.H/c1-3-7-11(8-4-1)12-9-5-2-6-10-12;;;;;;/h1-7H;;3*1H;;/q;;;;;+3;/p-3. The van der Waals surface area contributed by atoms with E-state index in [1.165, 1.54) is 3.27 Å². The summed E-state index contributed by atoms with van der Waals surface area (Å²) in [4.78, 5) is 0. The van der Waals surface area contributed by atoms with Crippen LogP contribution in [0.5, 0.6) is 0 Å². The van der Waals surface area contributed by atoms with Crippen molar-refractivity contribution in [3.63, 3.8) is 0 Å². The van der Waals surface area contributed by atoms with Crippen LogP contribution < -0.4 is 47.0 Å². The molecule has 2 aromatic carbocycles. The second-order valence-corrected chi connectivity index (χ2v) is 9.88. The summed E-state index contributed by atoms with van der Waals surface area (Å²) < 4.78 is 4.91. The molecular weight excluding hydrogens is 551 g/mol. The van der Waals surface area contributed by atoms with Crippen LogP contribution in [0, 0.1) is 0 Å². The van der Waals surface area contributed by atoms with E-state index in [0.717, 1.165) is 0 Å². The maximum atomic E-state index is 2.34. The fourth-order valence-corrected chi connectivity index (χ4v) is 9.39. The van der Waals surface area contributed by atoms with Crippen LogP contribution in [0.3, 0.4) is 0 Å². The molecule has 0 saturated heterocycles. The van der Waals surface area contributed by atoms with Crippen molar-refractivity contribution in [2.45, 2.75) is 0 Å². The van der Waals surface area contributed by atoms with Crippen molar-refractivity contribution in [1.82, 2.24) is 0 Å². The van der Waals surface area contributed by atoms with Gasteiger partial charge in [-0.05, 0) is 0 Å². The van der Waals surface area contributed by atoms with E-state index in [-0.39, 0.29) is 37.2 Å². The topological polar surface area (TPSA) is 0 Å². The minimum atomic E-state index is -0.681. The van der Waals surface area contributed by atoms with Gasteiger partial charge in [0.05, 0.1) is 0 Å². The van der Waals surface area contributed by atoms with E-state index >= 15 is 0 Å². The van der Waals surface area contributed by atoms with Gasteiger partial charge in [0.2, 0.25) is 0 Å². The fourth-order valence-electron chi connectivity index (χ4n) is 1.90. The Balaban J connectivity index is 0.000000853. The fraction of sp³-hybridized carbons (Fsp3) is 0. The van der Waals surface area contributed by atoms with Gasteiger partial charge in [0.1, 0.15) is 0 Å². The molecule has 0 aliphatic carbocycles. The van der Waals surface area contributed by atoms with Crippen LogP contribution in [0.4, 0.5) is 0 Å². The van der Waals surface area contributed by atoms with Gasteiger partial charge in [-0.25, -0.2) is 0 Å². The van der Waals surface area contributed by atoms with Gasteiger partial charge in [-0.2, -0.15) is 0 Å². The first kappa shape index (κ1) is 18.1. The van der Waals surface area contributed by atoms with E-state index in [2.05, 4.69) is 42.5 Å². The van der Waals surface area contributed by atoms with Crippen LogP contribution in [-0.2, 0) is 24.7 Å². The van der Waals surface area contributed by atoms with Crippen molar-refractivity contribution in [3.8, 4) is 11.1 Å². The third-order valence-electron chi connectivity index (χ3n) is 2.53.